The average Bonchev–Trinajstić information content (AvgIpc) is 3.20. The van der Waals surface area contributed by atoms with E-state index in [1.165, 1.54) is 4.90 Å². The molecule has 160 valence electrons. The van der Waals surface area contributed by atoms with E-state index < -0.39 is 12.1 Å². The zero-order valence-electron chi connectivity index (χ0n) is 17.1. The normalized spacial score (nSPS) is 22.8. The van der Waals surface area contributed by atoms with E-state index in [0.29, 0.717) is 18.0 Å². The van der Waals surface area contributed by atoms with Crippen LogP contribution in [0.25, 0.3) is 5.57 Å². The minimum atomic E-state index is -0.702. The summed E-state index contributed by atoms with van der Waals surface area (Å²) in [6, 6.07) is 16.5. The van der Waals surface area contributed by atoms with E-state index in [1.807, 2.05) is 60.7 Å². The molecule has 1 aliphatic carbocycles. The fourth-order valence-corrected chi connectivity index (χ4v) is 4.27. The van der Waals surface area contributed by atoms with E-state index in [4.69, 9.17) is 11.6 Å². The Morgan fingerprint density at radius 3 is 2.58 bits per heavy atom. The molecular formula is C25H25ClN2O3. The van der Waals surface area contributed by atoms with Gasteiger partial charge in [0.05, 0.1) is 12.0 Å². The molecule has 2 amide bonds. The summed E-state index contributed by atoms with van der Waals surface area (Å²) in [7, 11) is 0. The van der Waals surface area contributed by atoms with Crippen LogP contribution in [0.5, 0.6) is 0 Å². The second kappa shape index (κ2) is 9.50. The predicted molar refractivity (Wildman–Crippen MR) is 121 cm³/mol. The summed E-state index contributed by atoms with van der Waals surface area (Å²) in [6.07, 6.45) is 5.92. The van der Waals surface area contributed by atoms with E-state index >= 15 is 0 Å². The van der Waals surface area contributed by atoms with Crippen LogP contribution in [0.3, 0.4) is 0 Å². The lowest BCUT2D eigenvalue weighted by Crippen LogP contribution is -2.47. The number of halogens is 1. The van der Waals surface area contributed by atoms with Gasteiger partial charge in [-0.05, 0) is 35.3 Å². The molecule has 2 aromatic rings. The van der Waals surface area contributed by atoms with Crippen LogP contribution in [-0.4, -0.2) is 40.5 Å². The van der Waals surface area contributed by atoms with Gasteiger partial charge in [-0.1, -0.05) is 72.3 Å². The van der Waals surface area contributed by atoms with Gasteiger partial charge in [0.15, 0.2) is 0 Å². The van der Waals surface area contributed by atoms with Crippen LogP contribution in [0.15, 0.2) is 72.8 Å². The van der Waals surface area contributed by atoms with Gasteiger partial charge in [0.1, 0.15) is 6.04 Å². The number of benzene rings is 2. The van der Waals surface area contributed by atoms with Crippen LogP contribution in [0.4, 0.5) is 0 Å². The summed E-state index contributed by atoms with van der Waals surface area (Å²) in [5.41, 5.74) is 3.09. The van der Waals surface area contributed by atoms with E-state index in [2.05, 4.69) is 5.32 Å². The molecule has 31 heavy (non-hydrogen) atoms. The number of aliphatic hydroxyl groups is 1. The van der Waals surface area contributed by atoms with Crippen molar-refractivity contribution in [1.82, 2.24) is 10.2 Å². The summed E-state index contributed by atoms with van der Waals surface area (Å²) >= 11 is 5.90. The third kappa shape index (κ3) is 5.06. The molecule has 0 spiro atoms. The highest BCUT2D eigenvalue weighted by Gasteiger charge is 2.40. The molecule has 2 N–H and O–H groups in total. The van der Waals surface area contributed by atoms with Crippen molar-refractivity contribution in [2.75, 3.05) is 6.54 Å². The molecule has 3 atom stereocenters. The molecule has 5 nitrogen and oxygen atoms in total. The van der Waals surface area contributed by atoms with E-state index in [1.54, 1.807) is 12.1 Å². The van der Waals surface area contributed by atoms with Crippen molar-refractivity contribution in [2.24, 2.45) is 5.92 Å². The molecule has 0 radical (unpaired) electrons. The molecule has 0 aromatic heterocycles. The number of hydrogen-bond donors (Lipinski definition) is 2. The Hall–Kier alpha value is -2.89. The molecule has 1 unspecified atom stereocenters. The number of hydrogen-bond acceptors (Lipinski definition) is 3. The summed E-state index contributed by atoms with van der Waals surface area (Å²) in [6.45, 7) is 0.515. The molecule has 1 heterocycles. The lowest BCUT2D eigenvalue weighted by Gasteiger charge is -2.28. The largest absolute Gasteiger partial charge is 0.391 e. The number of carbonyl (C=O) groups is 2. The van der Waals surface area contributed by atoms with Gasteiger partial charge in [-0.15, -0.1) is 0 Å². The van der Waals surface area contributed by atoms with Crippen LogP contribution >= 0.6 is 11.6 Å². The van der Waals surface area contributed by atoms with Crippen LogP contribution < -0.4 is 5.32 Å². The topological polar surface area (TPSA) is 69.6 Å². The van der Waals surface area contributed by atoms with Crippen LogP contribution in [0.2, 0.25) is 5.02 Å². The molecule has 0 bridgehead atoms. The smallest absolute Gasteiger partial charge is 0.243 e. The number of carbonyl (C=O) groups excluding carboxylic acids is 2. The van der Waals surface area contributed by atoms with Gasteiger partial charge in [0, 0.05) is 24.5 Å². The zero-order chi connectivity index (χ0) is 21.8. The second-order valence-electron chi connectivity index (χ2n) is 7.99. The number of rotatable bonds is 5. The molecule has 0 saturated carbocycles. The Morgan fingerprint density at radius 1 is 1.10 bits per heavy atom. The van der Waals surface area contributed by atoms with Crippen molar-refractivity contribution < 1.29 is 14.7 Å². The van der Waals surface area contributed by atoms with Gasteiger partial charge >= 0.3 is 0 Å². The SMILES string of the molecule is O=C(NCc1ccc(Cl)cc1)[C@@H]1C[C@@H](O)CN1C(=O)C1C=CC=C(c2ccccc2)C1. The van der Waals surface area contributed by atoms with E-state index in [9.17, 15) is 14.7 Å². The fraction of sp³-hybridized carbons (Fsp3) is 0.280. The summed E-state index contributed by atoms with van der Waals surface area (Å²) < 4.78 is 0. The van der Waals surface area contributed by atoms with E-state index in [0.717, 1.165) is 16.7 Å². The Morgan fingerprint density at radius 2 is 1.84 bits per heavy atom. The Balaban J connectivity index is 1.41. The third-order valence-electron chi connectivity index (χ3n) is 5.79. The zero-order valence-corrected chi connectivity index (χ0v) is 17.8. The Labute approximate surface area is 187 Å². The van der Waals surface area contributed by atoms with Crippen molar-refractivity contribution in [3.05, 3.63) is 89.0 Å². The first-order chi connectivity index (χ1) is 15.0. The van der Waals surface area contributed by atoms with Gasteiger partial charge in [-0.2, -0.15) is 0 Å². The van der Waals surface area contributed by atoms with Crippen molar-refractivity contribution in [2.45, 2.75) is 31.5 Å². The summed E-state index contributed by atoms with van der Waals surface area (Å²) in [5.74, 6) is -0.725. The number of likely N-dealkylation sites (tertiary alicyclic amines) is 1. The maximum atomic E-state index is 13.3. The maximum absolute atomic E-state index is 13.3. The van der Waals surface area contributed by atoms with Crippen molar-refractivity contribution >= 4 is 29.0 Å². The molecule has 1 saturated heterocycles. The standard InChI is InChI=1S/C25H25ClN2O3/c26-21-11-9-17(10-12-21)15-27-24(30)23-14-22(29)16-28(23)25(31)20-8-4-7-19(13-20)18-5-2-1-3-6-18/h1-12,20,22-23,29H,13-16H2,(H,27,30)/t20?,22-,23+/m1/s1. The lowest BCUT2D eigenvalue weighted by atomic mass is 9.89. The first kappa shape index (κ1) is 21.3. The van der Waals surface area contributed by atoms with Crippen LogP contribution in [0.1, 0.15) is 24.0 Å². The summed E-state index contributed by atoms with van der Waals surface area (Å²) in [4.78, 5) is 27.7. The fourth-order valence-electron chi connectivity index (χ4n) is 4.14. The molecule has 2 aliphatic rings. The third-order valence-corrected chi connectivity index (χ3v) is 6.04. The van der Waals surface area contributed by atoms with Gasteiger partial charge in [0.2, 0.25) is 11.8 Å². The number of aliphatic hydroxyl groups excluding tert-OH is 1. The predicted octanol–water partition coefficient (Wildman–Crippen LogP) is 3.58. The van der Waals surface area contributed by atoms with Gasteiger partial charge in [-0.25, -0.2) is 0 Å². The number of β-amino-alcohol motifs (C(OH)–C–C–N with tert-alkyl or cyclic N) is 1. The van der Waals surface area contributed by atoms with Crippen LogP contribution in [-0.2, 0) is 16.1 Å². The first-order valence-electron chi connectivity index (χ1n) is 10.4. The number of amides is 2. The quantitative estimate of drug-likeness (QED) is 0.752. The minimum absolute atomic E-state index is 0.124. The van der Waals surface area contributed by atoms with Crippen molar-refractivity contribution in [1.29, 1.82) is 0 Å². The van der Waals surface area contributed by atoms with E-state index in [-0.39, 0.29) is 30.7 Å². The lowest BCUT2D eigenvalue weighted by molar-refractivity contribution is -0.140. The van der Waals surface area contributed by atoms with Crippen molar-refractivity contribution in [3.8, 4) is 0 Å². The van der Waals surface area contributed by atoms with Gasteiger partial charge < -0.3 is 15.3 Å². The van der Waals surface area contributed by atoms with Crippen LogP contribution in [0, 0.1) is 5.92 Å². The molecule has 1 fully saturated rings. The maximum Gasteiger partial charge on any atom is 0.243 e. The molecule has 6 heteroatoms. The second-order valence-corrected chi connectivity index (χ2v) is 8.43. The highest BCUT2D eigenvalue weighted by atomic mass is 35.5. The van der Waals surface area contributed by atoms with Crippen molar-refractivity contribution in [3.63, 3.8) is 0 Å². The van der Waals surface area contributed by atoms with Gasteiger partial charge in [0.25, 0.3) is 0 Å². The van der Waals surface area contributed by atoms with Gasteiger partial charge in [-0.3, -0.25) is 9.59 Å². The molecular weight excluding hydrogens is 412 g/mol. The average molecular weight is 437 g/mol. The monoisotopic (exact) mass is 436 g/mol. The number of nitrogens with zero attached hydrogens (tertiary/aromatic N) is 1. The number of allylic oxidation sites excluding steroid dienone is 3. The Bertz CT molecular complexity index is 1000. The molecule has 1 aliphatic heterocycles. The number of nitrogens with one attached hydrogen (secondary N) is 1. The highest BCUT2D eigenvalue weighted by molar-refractivity contribution is 6.30. The highest BCUT2D eigenvalue weighted by Crippen LogP contribution is 2.30. The molecule has 4 rings (SSSR count). The Kier molecular flexibility index (Phi) is 6.54. The molecule has 2 aromatic carbocycles. The minimum Gasteiger partial charge on any atom is -0.391 e. The summed E-state index contributed by atoms with van der Waals surface area (Å²) in [5, 5.41) is 13.7. The first-order valence-corrected chi connectivity index (χ1v) is 10.8.